The Morgan fingerprint density at radius 3 is 2.93 bits per heavy atom. The molecule has 0 heterocycles. The molecule has 4 nitrogen and oxygen atoms in total. The van der Waals surface area contributed by atoms with Gasteiger partial charge in [0, 0.05) is 14.9 Å². The molecule has 0 saturated carbocycles. The van der Waals surface area contributed by atoms with Crippen LogP contribution in [0.15, 0.2) is 18.2 Å². The summed E-state index contributed by atoms with van der Waals surface area (Å²) in [5.41, 5.74) is 7.20. The van der Waals surface area contributed by atoms with E-state index in [1.165, 1.54) is 0 Å². The maximum absolute atomic E-state index is 11.1. The van der Waals surface area contributed by atoms with E-state index in [-0.39, 0.29) is 12.5 Å². The first-order chi connectivity index (χ1) is 7.13. The molecule has 0 atom stereocenters. The molecule has 0 unspecified atom stereocenters. The predicted octanol–water partition coefficient (Wildman–Crippen LogP) is 1.85. The second kappa shape index (κ2) is 5.79. The molecular weight excluding hydrogens is 307 g/mol. The molecule has 0 fully saturated rings. The largest absolute Gasteiger partial charge is 0.465 e. The van der Waals surface area contributed by atoms with Crippen LogP contribution in [0.4, 0.5) is 11.4 Å². The average Bonchev–Trinajstić information content (AvgIpc) is 2.17. The van der Waals surface area contributed by atoms with Gasteiger partial charge in [-0.15, -0.1) is 0 Å². The van der Waals surface area contributed by atoms with Gasteiger partial charge >= 0.3 is 5.97 Å². The molecule has 0 saturated heterocycles. The summed E-state index contributed by atoms with van der Waals surface area (Å²) in [5.74, 6) is -0.259. The summed E-state index contributed by atoms with van der Waals surface area (Å²) in [7, 11) is 0. The number of nitrogens with one attached hydrogen (secondary N) is 1. The predicted molar refractivity (Wildman–Crippen MR) is 68.7 cm³/mol. The summed E-state index contributed by atoms with van der Waals surface area (Å²) < 4.78 is 5.78. The second-order valence-corrected chi connectivity index (χ2v) is 4.06. The number of carbonyl (C=O) groups excluding carboxylic acids is 1. The third kappa shape index (κ3) is 3.94. The molecule has 15 heavy (non-hydrogen) atoms. The molecular formula is C10H13IN2O2. The highest BCUT2D eigenvalue weighted by molar-refractivity contribution is 14.1. The second-order valence-electron chi connectivity index (χ2n) is 2.90. The summed E-state index contributed by atoms with van der Waals surface area (Å²) in [6.45, 7) is 2.36. The highest BCUT2D eigenvalue weighted by atomic mass is 127. The number of nitrogens with two attached hydrogens (primary N) is 1. The molecule has 0 radical (unpaired) electrons. The van der Waals surface area contributed by atoms with Gasteiger partial charge < -0.3 is 15.8 Å². The molecule has 1 aromatic carbocycles. The molecule has 1 rings (SSSR count). The van der Waals surface area contributed by atoms with Crippen LogP contribution in [0.25, 0.3) is 0 Å². The first-order valence-corrected chi connectivity index (χ1v) is 5.66. The Morgan fingerprint density at radius 1 is 1.60 bits per heavy atom. The van der Waals surface area contributed by atoms with Crippen molar-refractivity contribution in [3.05, 3.63) is 21.8 Å². The van der Waals surface area contributed by atoms with E-state index in [2.05, 4.69) is 27.9 Å². The number of hydrogen-bond donors (Lipinski definition) is 2. The van der Waals surface area contributed by atoms with E-state index in [0.29, 0.717) is 12.3 Å². The zero-order valence-corrected chi connectivity index (χ0v) is 10.6. The van der Waals surface area contributed by atoms with Crippen molar-refractivity contribution in [2.45, 2.75) is 6.92 Å². The van der Waals surface area contributed by atoms with Gasteiger partial charge in [0.15, 0.2) is 0 Å². The minimum Gasteiger partial charge on any atom is -0.465 e. The standard InChI is InChI=1S/C10H13IN2O2/c1-2-15-10(14)6-13-9-4-3-7(12)5-8(9)11/h3-5,13H,2,6,12H2,1H3. The van der Waals surface area contributed by atoms with Gasteiger partial charge in [-0.1, -0.05) is 0 Å². The van der Waals surface area contributed by atoms with E-state index >= 15 is 0 Å². The Morgan fingerprint density at radius 2 is 2.33 bits per heavy atom. The van der Waals surface area contributed by atoms with Gasteiger partial charge in [-0.3, -0.25) is 4.79 Å². The van der Waals surface area contributed by atoms with Gasteiger partial charge in [0.25, 0.3) is 0 Å². The van der Waals surface area contributed by atoms with Gasteiger partial charge in [-0.05, 0) is 47.7 Å². The number of ether oxygens (including phenoxy) is 1. The number of anilines is 2. The smallest absolute Gasteiger partial charge is 0.325 e. The van der Waals surface area contributed by atoms with Gasteiger partial charge in [0.1, 0.15) is 6.54 Å². The van der Waals surface area contributed by atoms with Crippen LogP contribution in [0.1, 0.15) is 6.92 Å². The molecule has 0 amide bonds. The van der Waals surface area contributed by atoms with Crippen molar-refractivity contribution in [1.82, 2.24) is 0 Å². The van der Waals surface area contributed by atoms with E-state index in [1.54, 1.807) is 13.0 Å². The van der Waals surface area contributed by atoms with Crippen LogP contribution in [0.3, 0.4) is 0 Å². The van der Waals surface area contributed by atoms with Gasteiger partial charge in [0.05, 0.1) is 6.61 Å². The Hall–Kier alpha value is -0.980. The minimum atomic E-state index is -0.259. The van der Waals surface area contributed by atoms with Crippen molar-refractivity contribution in [1.29, 1.82) is 0 Å². The van der Waals surface area contributed by atoms with Crippen molar-refractivity contribution in [2.75, 3.05) is 24.2 Å². The monoisotopic (exact) mass is 320 g/mol. The Kier molecular flexibility index (Phi) is 4.67. The fraction of sp³-hybridized carbons (Fsp3) is 0.300. The summed E-state index contributed by atoms with van der Waals surface area (Å²) in [6.07, 6.45) is 0. The zero-order chi connectivity index (χ0) is 11.3. The highest BCUT2D eigenvalue weighted by Gasteiger charge is 2.03. The lowest BCUT2D eigenvalue weighted by Gasteiger charge is -2.08. The van der Waals surface area contributed by atoms with Crippen LogP contribution in [-0.2, 0) is 9.53 Å². The van der Waals surface area contributed by atoms with Crippen LogP contribution < -0.4 is 11.1 Å². The first-order valence-electron chi connectivity index (χ1n) is 4.58. The Labute approximate surface area is 102 Å². The molecule has 0 bridgehead atoms. The molecule has 0 spiro atoms. The molecule has 3 N–H and O–H groups in total. The number of hydrogen-bond acceptors (Lipinski definition) is 4. The molecule has 5 heteroatoms. The normalized spacial score (nSPS) is 9.73. The van der Waals surface area contributed by atoms with Crippen molar-refractivity contribution in [3.8, 4) is 0 Å². The van der Waals surface area contributed by atoms with Crippen LogP contribution in [0.5, 0.6) is 0 Å². The quantitative estimate of drug-likeness (QED) is 0.505. The Bertz CT molecular complexity index is 355. The van der Waals surface area contributed by atoms with E-state index < -0.39 is 0 Å². The minimum absolute atomic E-state index is 0.174. The zero-order valence-electron chi connectivity index (χ0n) is 8.42. The van der Waals surface area contributed by atoms with E-state index in [4.69, 9.17) is 10.5 Å². The molecule has 82 valence electrons. The number of nitrogen functional groups attached to an aromatic ring is 1. The molecule has 1 aromatic rings. The summed E-state index contributed by atoms with van der Waals surface area (Å²) in [6, 6.07) is 5.47. The average molecular weight is 320 g/mol. The number of halogens is 1. The molecule has 0 aliphatic rings. The third-order valence-electron chi connectivity index (χ3n) is 1.72. The summed E-state index contributed by atoms with van der Waals surface area (Å²) in [5, 5.41) is 2.99. The van der Waals surface area contributed by atoms with Crippen molar-refractivity contribution in [3.63, 3.8) is 0 Å². The highest BCUT2D eigenvalue weighted by Crippen LogP contribution is 2.20. The first kappa shape index (κ1) is 12.1. The van der Waals surface area contributed by atoms with E-state index in [1.807, 2.05) is 12.1 Å². The van der Waals surface area contributed by atoms with Crippen LogP contribution in [0, 0.1) is 3.57 Å². The van der Waals surface area contributed by atoms with Crippen LogP contribution in [0.2, 0.25) is 0 Å². The van der Waals surface area contributed by atoms with Crippen molar-refractivity contribution < 1.29 is 9.53 Å². The lowest BCUT2D eigenvalue weighted by Crippen LogP contribution is -2.17. The lowest BCUT2D eigenvalue weighted by atomic mass is 10.3. The summed E-state index contributed by atoms with van der Waals surface area (Å²) >= 11 is 2.16. The molecule has 0 aromatic heterocycles. The fourth-order valence-corrected chi connectivity index (χ4v) is 1.78. The Balaban J connectivity index is 2.54. The van der Waals surface area contributed by atoms with E-state index in [9.17, 15) is 4.79 Å². The van der Waals surface area contributed by atoms with Gasteiger partial charge in [-0.2, -0.15) is 0 Å². The molecule has 0 aliphatic heterocycles. The van der Waals surface area contributed by atoms with Gasteiger partial charge in [0.2, 0.25) is 0 Å². The number of carbonyl (C=O) groups is 1. The fourth-order valence-electron chi connectivity index (χ4n) is 1.05. The van der Waals surface area contributed by atoms with E-state index in [0.717, 1.165) is 9.26 Å². The number of rotatable bonds is 4. The van der Waals surface area contributed by atoms with Crippen molar-refractivity contribution >= 4 is 39.9 Å². The van der Waals surface area contributed by atoms with Crippen LogP contribution in [-0.4, -0.2) is 19.1 Å². The molecule has 0 aliphatic carbocycles. The number of benzene rings is 1. The maximum Gasteiger partial charge on any atom is 0.325 e. The SMILES string of the molecule is CCOC(=O)CNc1ccc(N)cc1I. The van der Waals surface area contributed by atoms with Crippen LogP contribution >= 0.6 is 22.6 Å². The third-order valence-corrected chi connectivity index (χ3v) is 2.61. The maximum atomic E-state index is 11.1. The summed E-state index contributed by atoms with van der Waals surface area (Å²) in [4.78, 5) is 11.1. The lowest BCUT2D eigenvalue weighted by molar-refractivity contribution is -0.140. The van der Waals surface area contributed by atoms with Gasteiger partial charge in [-0.25, -0.2) is 0 Å². The van der Waals surface area contributed by atoms with Crippen molar-refractivity contribution in [2.24, 2.45) is 0 Å². The number of esters is 1. The topological polar surface area (TPSA) is 64.3 Å².